The predicted molar refractivity (Wildman–Crippen MR) is 76.8 cm³/mol. The fourth-order valence-corrected chi connectivity index (χ4v) is 1.61. The normalized spacial score (nSPS) is 9.12. The Labute approximate surface area is 112 Å². The lowest BCUT2D eigenvalue weighted by atomic mass is 10.2. The van der Waals surface area contributed by atoms with E-state index in [-0.39, 0.29) is 0 Å². The molecule has 0 bridgehead atoms. The van der Waals surface area contributed by atoms with Gasteiger partial charge in [0.25, 0.3) is 0 Å². The van der Waals surface area contributed by atoms with Crippen molar-refractivity contribution in [3.8, 4) is 5.75 Å². The minimum atomic E-state index is 0.910. The molecule has 2 heteroatoms. The Bertz CT molecular complexity index is 409. The van der Waals surface area contributed by atoms with E-state index in [0.717, 1.165) is 11.1 Å². The van der Waals surface area contributed by atoms with E-state index in [4.69, 9.17) is 4.74 Å². The molecule has 0 spiro atoms. The third-order valence-corrected chi connectivity index (χ3v) is 2.90. The van der Waals surface area contributed by atoms with Gasteiger partial charge in [0.05, 0.1) is 7.11 Å². The summed E-state index contributed by atoms with van der Waals surface area (Å²) in [7, 11) is 1.66. The van der Waals surface area contributed by atoms with Crippen LogP contribution in [0.2, 0.25) is 0 Å². The second-order valence-corrected chi connectivity index (χ2v) is 4.20. The summed E-state index contributed by atoms with van der Waals surface area (Å²) in [4.78, 5) is 0. The summed E-state index contributed by atoms with van der Waals surface area (Å²) in [6, 6.07) is 18.2. The van der Waals surface area contributed by atoms with Gasteiger partial charge in [0.2, 0.25) is 0 Å². The molecule has 0 aliphatic heterocycles. The summed E-state index contributed by atoms with van der Waals surface area (Å²) < 4.78 is 4.91. The number of halogens is 1. The molecule has 0 aromatic heterocycles. The first kappa shape index (κ1) is 13.8. The van der Waals surface area contributed by atoms with Gasteiger partial charge in [-0.1, -0.05) is 64.0 Å². The zero-order valence-corrected chi connectivity index (χ0v) is 11.8. The average molecular weight is 293 g/mol. The highest BCUT2D eigenvalue weighted by Gasteiger charge is 1.85. The number of aryl methyl sites for hydroxylation is 1. The fourth-order valence-electron chi connectivity index (χ4n) is 1.23. The number of ether oxygens (including phenoxy) is 1. The number of methoxy groups -OCH3 is 1. The highest BCUT2D eigenvalue weighted by molar-refractivity contribution is 9.08. The molecule has 0 atom stereocenters. The number of para-hydroxylation sites is 1. The van der Waals surface area contributed by atoms with E-state index in [1.54, 1.807) is 7.11 Å². The molecule has 2 aromatic carbocycles. The molecular formula is C15H17BrO. The van der Waals surface area contributed by atoms with E-state index in [1.807, 2.05) is 30.3 Å². The molecule has 0 fully saturated rings. The molecule has 0 saturated carbocycles. The minimum Gasteiger partial charge on any atom is -0.497 e. The summed E-state index contributed by atoms with van der Waals surface area (Å²) in [6.07, 6.45) is 0. The van der Waals surface area contributed by atoms with Gasteiger partial charge in [0.1, 0.15) is 5.75 Å². The Hall–Kier alpha value is -1.28. The van der Waals surface area contributed by atoms with Crippen LogP contribution in [-0.2, 0) is 5.33 Å². The zero-order chi connectivity index (χ0) is 12.5. The first-order valence-corrected chi connectivity index (χ1v) is 6.59. The quantitative estimate of drug-likeness (QED) is 0.736. The van der Waals surface area contributed by atoms with E-state index < -0.39 is 0 Å². The maximum atomic E-state index is 4.91. The van der Waals surface area contributed by atoms with Gasteiger partial charge in [-0.25, -0.2) is 0 Å². The number of alkyl halides is 1. The Balaban J connectivity index is 0.000000171. The molecule has 0 heterocycles. The summed E-state index contributed by atoms with van der Waals surface area (Å²) in [5.74, 6) is 0.910. The third-order valence-electron chi connectivity index (χ3n) is 2.25. The Kier molecular flexibility index (Phi) is 6.41. The van der Waals surface area contributed by atoms with Crippen LogP contribution in [-0.4, -0.2) is 7.11 Å². The highest BCUT2D eigenvalue weighted by Crippen LogP contribution is 2.06. The molecule has 0 radical (unpaired) electrons. The van der Waals surface area contributed by atoms with Gasteiger partial charge >= 0.3 is 0 Å². The fraction of sp³-hybridized carbons (Fsp3) is 0.200. The van der Waals surface area contributed by atoms with Crippen LogP contribution in [0.5, 0.6) is 5.75 Å². The highest BCUT2D eigenvalue weighted by atomic mass is 79.9. The largest absolute Gasteiger partial charge is 0.497 e. The van der Waals surface area contributed by atoms with Crippen LogP contribution in [0.15, 0.2) is 54.6 Å². The summed E-state index contributed by atoms with van der Waals surface area (Å²) in [6.45, 7) is 2.10. The van der Waals surface area contributed by atoms with Crippen LogP contribution in [0.1, 0.15) is 11.1 Å². The van der Waals surface area contributed by atoms with Crippen LogP contribution in [0.4, 0.5) is 0 Å². The molecule has 17 heavy (non-hydrogen) atoms. The van der Waals surface area contributed by atoms with E-state index in [2.05, 4.69) is 47.1 Å². The Morgan fingerprint density at radius 2 is 1.53 bits per heavy atom. The van der Waals surface area contributed by atoms with Crippen LogP contribution < -0.4 is 4.74 Å². The van der Waals surface area contributed by atoms with E-state index >= 15 is 0 Å². The Morgan fingerprint density at radius 1 is 0.941 bits per heavy atom. The summed E-state index contributed by atoms with van der Waals surface area (Å²) in [5.41, 5.74) is 2.65. The molecule has 1 nitrogen and oxygen atoms in total. The maximum absolute atomic E-state index is 4.91. The number of benzene rings is 2. The third kappa shape index (κ3) is 5.55. The van der Waals surface area contributed by atoms with Gasteiger partial charge < -0.3 is 4.74 Å². The molecule has 2 aromatic rings. The average Bonchev–Trinajstić information content (AvgIpc) is 2.41. The maximum Gasteiger partial charge on any atom is 0.118 e. The van der Waals surface area contributed by atoms with E-state index in [1.165, 1.54) is 11.1 Å². The first-order chi connectivity index (χ1) is 8.26. The van der Waals surface area contributed by atoms with Gasteiger partial charge in [0.15, 0.2) is 0 Å². The van der Waals surface area contributed by atoms with Crippen molar-refractivity contribution in [1.82, 2.24) is 0 Å². The second kappa shape index (κ2) is 7.91. The standard InChI is InChI=1S/C8H9Br.C7H8O/c1-7-2-4-8(6-9)5-3-7;1-8-7-5-3-2-4-6-7/h2-5H,6H2,1H3;2-6H,1H3. The van der Waals surface area contributed by atoms with Crippen molar-refractivity contribution < 1.29 is 4.74 Å². The molecule has 0 aliphatic rings. The van der Waals surface area contributed by atoms with Crippen molar-refractivity contribution in [2.75, 3.05) is 7.11 Å². The van der Waals surface area contributed by atoms with E-state index in [9.17, 15) is 0 Å². The van der Waals surface area contributed by atoms with Crippen molar-refractivity contribution in [3.05, 3.63) is 65.7 Å². The lowest BCUT2D eigenvalue weighted by Gasteiger charge is -1.93. The summed E-state index contributed by atoms with van der Waals surface area (Å²) in [5, 5.41) is 0.952. The van der Waals surface area contributed by atoms with Gasteiger partial charge in [-0.3, -0.25) is 0 Å². The SMILES string of the molecule is COc1ccccc1.Cc1ccc(CBr)cc1. The van der Waals surface area contributed by atoms with Crippen molar-refractivity contribution in [2.24, 2.45) is 0 Å². The molecule has 2 rings (SSSR count). The molecule has 0 saturated heterocycles. The Morgan fingerprint density at radius 3 is 1.94 bits per heavy atom. The topological polar surface area (TPSA) is 9.23 Å². The molecule has 0 unspecified atom stereocenters. The van der Waals surface area contributed by atoms with E-state index in [0.29, 0.717) is 0 Å². The van der Waals surface area contributed by atoms with Gasteiger partial charge in [0, 0.05) is 5.33 Å². The monoisotopic (exact) mass is 292 g/mol. The number of hydrogen-bond donors (Lipinski definition) is 0. The van der Waals surface area contributed by atoms with Crippen LogP contribution >= 0.6 is 15.9 Å². The van der Waals surface area contributed by atoms with Crippen molar-refractivity contribution >= 4 is 15.9 Å². The van der Waals surface area contributed by atoms with Gasteiger partial charge in [-0.05, 0) is 24.6 Å². The number of hydrogen-bond acceptors (Lipinski definition) is 1. The van der Waals surface area contributed by atoms with Crippen LogP contribution in [0, 0.1) is 6.92 Å². The van der Waals surface area contributed by atoms with Crippen molar-refractivity contribution in [2.45, 2.75) is 12.3 Å². The summed E-state index contributed by atoms with van der Waals surface area (Å²) >= 11 is 3.38. The first-order valence-electron chi connectivity index (χ1n) is 5.47. The minimum absolute atomic E-state index is 0.910. The van der Waals surface area contributed by atoms with Gasteiger partial charge in [-0.2, -0.15) is 0 Å². The zero-order valence-electron chi connectivity index (χ0n) is 10.2. The number of rotatable bonds is 2. The predicted octanol–water partition coefficient (Wildman–Crippen LogP) is 4.59. The lowest BCUT2D eigenvalue weighted by molar-refractivity contribution is 0.415. The van der Waals surface area contributed by atoms with Crippen molar-refractivity contribution in [1.29, 1.82) is 0 Å². The molecule has 0 N–H and O–H groups in total. The second-order valence-electron chi connectivity index (χ2n) is 3.64. The van der Waals surface area contributed by atoms with Crippen molar-refractivity contribution in [3.63, 3.8) is 0 Å². The van der Waals surface area contributed by atoms with Crippen LogP contribution in [0.3, 0.4) is 0 Å². The smallest absolute Gasteiger partial charge is 0.118 e. The molecule has 0 aliphatic carbocycles. The molecule has 0 amide bonds. The van der Waals surface area contributed by atoms with Gasteiger partial charge in [-0.15, -0.1) is 0 Å². The lowest BCUT2D eigenvalue weighted by Crippen LogP contribution is -1.78. The molecular weight excluding hydrogens is 276 g/mol. The van der Waals surface area contributed by atoms with Crippen LogP contribution in [0.25, 0.3) is 0 Å². The molecule has 90 valence electrons.